The Morgan fingerprint density at radius 2 is 1.27 bits per heavy atom. The molecule has 114 valence electrons. The fraction of sp³-hybridized carbons (Fsp3) is 0. The second-order valence-corrected chi connectivity index (χ2v) is 3.83. The molecule has 0 saturated carbocycles. The topological polar surface area (TPSA) is 55.4 Å². The van der Waals surface area contributed by atoms with E-state index in [1.54, 1.807) is 24.3 Å². The Hall–Kier alpha value is -2.64. The zero-order chi connectivity index (χ0) is 15.3. The maximum Gasteiger partial charge on any atom is 0.176 e. The second-order valence-electron chi connectivity index (χ2n) is 3.83. The normalized spacial score (nSPS) is 23.5. The number of para-hydroxylation sites is 1. The van der Waals surface area contributed by atoms with E-state index in [9.17, 15) is 0 Å². The molecule has 0 bridgehead atoms. The van der Waals surface area contributed by atoms with Gasteiger partial charge in [-0.05, 0) is 12.1 Å². The van der Waals surface area contributed by atoms with Crippen LogP contribution >= 0.6 is 0 Å². The number of hydrogen-bond donors (Lipinski definition) is 0. The van der Waals surface area contributed by atoms with Gasteiger partial charge in [0.1, 0.15) is 6.26 Å². The van der Waals surface area contributed by atoms with E-state index in [0.29, 0.717) is 5.75 Å². The fourth-order valence-electron chi connectivity index (χ4n) is 1.43. The van der Waals surface area contributed by atoms with E-state index in [2.05, 4.69) is 25.0 Å². The number of hydrogen-bond acceptors (Lipinski definition) is 6. The molecule has 0 amide bonds. The van der Waals surface area contributed by atoms with Crippen molar-refractivity contribution in [2.75, 3.05) is 0 Å². The first-order valence-corrected chi connectivity index (χ1v) is 6.39. The summed E-state index contributed by atoms with van der Waals surface area (Å²) in [5, 5.41) is 16.8. The van der Waals surface area contributed by atoms with Crippen LogP contribution in [-0.4, -0.2) is 0 Å². The van der Waals surface area contributed by atoms with Gasteiger partial charge in [0.05, 0.1) is 0 Å². The zero-order valence-electron chi connectivity index (χ0n) is 11.5. The largest absolute Gasteiger partial charge is 0.314 e. The summed E-state index contributed by atoms with van der Waals surface area (Å²) >= 11 is 0. The van der Waals surface area contributed by atoms with E-state index in [4.69, 9.17) is 4.89 Å². The zero-order valence-corrected chi connectivity index (χ0v) is 11.5. The van der Waals surface area contributed by atoms with Gasteiger partial charge < -0.3 is 9.78 Å². The average molecular weight is 302 g/mol. The molecule has 0 aromatic heterocycles. The highest BCUT2D eigenvalue weighted by Crippen LogP contribution is 2.19. The molecule has 0 atom stereocenters. The third-order valence-corrected chi connectivity index (χ3v) is 2.35. The van der Waals surface area contributed by atoms with Crippen molar-refractivity contribution in [1.82, 2.24) is 0 Å². The van der Waals surface area contributed by atoms with E-state index in [-0.39, 0.29) is 0 Å². The van der Waals surface area contributed by atoms with Crippen LogP contribution in [0.2, 0.25) is 0 Å². The molecule has 0 saturated heterocycles. The van der Waals surface area contributed by atoms with Crippen LogP contribution in [0.25, 0.3) is 6.08 Å². The molecule has 6 nitrogen and oxygen atoms in total. The summed E-state index contributed by atoms with van der Waals surface area (Å²) in [6.45, 7) is 0. The van der Waals surface area contributed by atoms with E-state index in [0.717, 1.165) is 5.56 Å². The molecule has 1 aromatic rings. The minimum atomic E-state index is 0.441. The molecule has 0 aliphatic carbocycles. The lowest BCUT2D eigenvalue weighted by molar-refractivity contribution is -0.739. The quantitative estimate of drug-likeness (QED) is 0.677. The van der Waals surface area contributed by atoms with Crippen molar-refractivity contribution in [3.63, 3.8) is 0 Å². The summed E-state index contributed by atoms with van der Waals surface area (Å²) in [6.07, 6.45) is 17.6. The summed E-state index contributed by atoms with van der Waals surface area (Å²) in [5.74, 6) is 0.441. The van der Waals surface area contributed by atoms with Crippen molar-refractivity contribution < 1.29 is 29.9 Å². The maximum atomic E-state index is 4.93. The van der Waals surface area contributed by atoms with Gasteiger partial charge in [-0.3, -0.25) is 0 Å². The standard InChI is InChI=1S/C16H14O6/c1-2-4-6-10-14-17-19-21-22-20-18-16-13-9-8-12-15(16)11-7-5-3-1/h1-14H/b2-1-,5-3-,6-4-,11-7-,14-10-. The Kier molecular flexibility index (Phi) is 7.26. The first kappa shape index (κ1) is 15.7. The summed E-state index contributed by atoms with van der Waals surface area (Å²) in [5.41, 5.74) is 0.792. The van der Waals surface area contributed by atoms with Crippen molar-refractivity contribution in [2.24, 2.45) is 0 Å². The third-order valence-electron chi connectivity index (χ3n) is 2.35. The van der Waals surface area contributed by atoms with E-state index < -0.39 is 0 Å². The Morgan fingerprint density at radius 1 is 0.591 bits per heavy atom. The van der Waals surface area contributed by atoms with Crippen LogP contribution < -0.4 is 4.89 Å². The summed E-state index contributed by atoms with van der Waals surface area (Å²) < 4.78 is 0. The minimum Gasteiger partial charge on any atom is -0.314 e. The molecule has 0 spiro atoms. The first-order valence-electron chi connectivity index (χ1n) is 6.39. The van der Waals surface area contributed by atoms with Crippen LogP contribution in [0.4, 0.5) is 0 Å². The smallest absolute Gasteiger partial charge is 0.176 e. The van der Waals surface area contributed by atoms with Crippen molar-refractivity contribution >= 4 is 6.08 Å². The minimum absolute atomic E-state index is 0.441. The van der Waals surface area contributed by atoms with Crippen molar-refractivity contribution in [3.8, 4) is 5.75 Å². The maximum absolute atomic E-state index is 4.93. The van der Waals surface area contributed by atoms with Crippen molar-refractivity contribution in [3.05, 3.63) is 84.7 Å². The number of fused-ring (bicyclic) bond motifs is 1. The Labute approximate surface area is 127 Å². The highest BCUT2D eigenvalue weighted by atomic mass is 17.8. The first-order chi connectivity index (χ1) is 11.0. The van der Waals surface area contributed by atoms with Crippen LogP contribution in [0.3, 0.4) is 0 Å². The average Bonchev–Trinajstić information content (AvgIpc) is 2.55. The molecule has 22 heavy (non-hydrogen) atoms. The molecular weight excluding hydrogens is 288 g/mol. The van der Waals surface area contributed by atoms with Gasteiger partial charge in [0.25, 0.3) is 0 Å². The lowest BCUT2D eigenvalue weighted by atomic mass is 10.2. The van der Waals surface area contributed by atoms with Gasteiger partial charge in [0.2, 0.25) is 0 Å². The lowest BCUT2D eigenvalue weighted by Gasteiger charge is -2.04. The molecule has 6 heteroatoms. The number of rotatable bonds is 0. The Morgan fingerprint density at radius 3 is 2.14 bits per heavy atom. The van der Waals surface area contributed by atoms with E-state index >= 15 is 0 Å². The molecule has 0 radical (unpaired) electrons. The van der Waals surface area contributed by atoms with Gasteiger partial charge in [0.15, 0.2) is 5.75 Å². The van der Waals surface area contributed by atoms with Crippen LogP contribution in [0.5, 0.6) is 5.75 Å². The predicted molar refractivity (Wildman–Crippen MR) is 78.1 cm³/mol. The van der Waals surface area contributed by atoms with Gasteiger partial charge in [-0.1, -0.05) is 66.8 Å². The van der Waals surface area contributed by atoms with E-state index in [1.807, 2.05) is 54.7 Å². The van der Waals surface area contributed by atoms with Gasteiger partial charge in [0, 0.05) is 25.7 Å². The van der Waals surface area contributed by atoms with Gasteiger partial charge in [-0.25, -0.2) is 0 Å². The molecule has 1 aliphatic heterocycles. The van der Waals surface area contributed by atoms with Crippen molar-refractivity contribution in [2.45, 2.75) is 0 Å². The van der Waals surface area contributed by atoms with Crippen LogP contribution in [-0.2, 0) is 25.0 Å². The van der Waals surface area contributed by atoms with Crippen molar-refractivity contribution in [1.29, 1.82) is 0 Å². The van der Waals surface area contributed by atoms with Crippen LogP contribution in [0, 0.1) is 0 Å². The molecule has 0 unspecified atom stereocenters. The predicted octanol–water partition coefficient (Wildman–Crippen LogP) is 3.93. The van der Waals surface area contributed by atoms with Crippen LogP contribution in [0.1, 0.15) is 5.56 Å². The lowest BCUT2D eigenvalue weighted by Crippen LogP contribution is -2.02. The molecule has 1 aromatic carbocycles. The number of allylic oxidation sites excluding steroid dienone is 8. The van der Waals surface area contributed by atoms with Gasteiger partial charge >= 0.3 is 0 Å². The van der Waals surface area contributed by atoms with Gasteiger partial charge in [-0.2, -0.15) is 0 Å². The highest BCUT2D eigenvalue weighted by Gasteiger charge is 2.02. The Bertz CT molecular complexity index is 586. The third kappa shape index (κ3) is 6.21. The number of benzene rings is 1. The monoisotopic (exact) mass is 302 g/mol. The molecule has 1 heterocycles. The molecule has 0 N–H and O–H groups in total. The van der Waals surface area contributed by atoms with E-state index in [1.165, 1.54) is 6.26 Å². The molecular formula is C16H14O6. The SMILES string of the molecule is C1=C\C=C/C=C\c2ccccc2OOOOOO/C=C\C=C/1. The Balaban J connectivity index is 2.05. The summed E-state index contributed by atoms with van der Waals surface area (Å²) in [7, 11) is 0. The van der Waals surface area contributed by atoms with Gasteiger partial charge in [-0.15, -0.1) is 0 Å². The molecule has 1 aliphatic rings. The molecule has 0 fully saturated rings. The highest BCUT2D eigenvalue weighted by molar-refractivity contribution is 5.58. The summed E-state index contributed by atoms with van der Waals surface area (Å²) in [4.78, 5) is 9.42. The van der Waals surface area contributed by atoms with Crippen LogP contribution in [0.15, 0.2) is 79.1 Å². The molecule has 2 rings (SSSR count). The fourth-order valence-corrected chi connectivity index (χ4v) is 1.43. The summed E-state index contributed by atoms with van der Waals surface area (Å²) in [6, 6.07) is 7.22. The second kappa shape index (κ2) is 10.1.